The maximum atomic E-state index is 3.46. The van der Waals surface area contributed by atoms with Crippen LogP contribution in [-0.4, -0.2) is 61.2 Å². The zero-order chi connectivity index (χ0) is 12.8. The second kappa shape index (κ2) is 4.46. The lowest BCUT2D eigenvalue weighted by Gasteiger charge is -2.64. The van der Waals surface area contributed by atoms with Gasteiger partial charge in [0, 0.05) is 43.7 Å². The fourth-order valence-electron chi connectivity index (χ4n) is 3.90. The van der Waals surface area contributed by atoms with Crippen molar-refractivity contribution in [1.29, 1.82) is 0 Å². The number of nitrogens with zero attached hydrogens (tertiary/aromatic N) is 2. The third-order valence-electron chi connectivity index (χ3n) is 5.09. The second-order valence-corrected chi connectivity index (χ2v) is 7.89. The predicted octanol–water partition coefficient (Wildman–Crippen LogP) is 1.40. The Labute approximate surface area is 112 Å². The Bertz CT molecular complexity index is 287. The van der Waals surface area contributed by atoms with Gasteiger partial charge in [-0.05, 0) is 52.6 Å². The van der Waals surface area contributed by atoms with Crippen molar-refractivity contribution < 1.29 is 0 Å². The highest BCUT2D eigenvalue weighted by Crippen LogP contribution is 2.43. The molecule has 104 valence electrons. The van der Waals surface area contributed by atoms with Gasteiger partial charge in [-0.25, -0.2) is 0 Å². The fourth-order valence-corrected chi connectivity index (χ4v) is 3.90. The van der Waals surface area contributed by atoms with Crippen molar-refractivity contribution >= 4 is 0 Å². The molecule has 3 saturated heterocycles. The van der Waals surface area contributed by atoms with Crippen LogP contribution in [0.2, 0.25) is 0 Å². The Balaban J connectivity index is 1.39. The predicted molar refractivity (Wildman–Crippen MR) is 75.8 cm³/mol. The lowest BCUT2D eigenvalue weighted by atomic mass is 9.70. The summed E-state index contributed by atoms with van der Waals surface area (Å²) in [6.07, 6.45) is 2.77. The van der Waals surface area contributed by atoms with Crippen LogP contribution in [0, 0.1) is 11.3 Å². The van der Waals surface area contributed by atoms with E-state index in [4.69, 9.17) is 0 Å². The third-order valence-corrected chi connectivity index (χ3v) is 5.09. The molecular weight excluding hydrogens is 222 g/mol. The van der Waals surface area contributed by atoms with Crippen molar-refractivity contribution in [3.05, 3.63) is 0 Å². The van der Waals surface area contributed by atoms with Crippen LogP contribution in [0.3, 0.4) is 0 Å². The van der Waals surface area contributed by atoms with Crippen LogP contribution in [0.25, 0.3) is 0 Å². The first-order chi connectivity index (χ1) is 8.47. The Morgan fingerprint density at radius 2 is 1.67 bits per heavy atom. The SMILES string of the molecule is CC(C)(C)N1CC2(CN(CC3CCNCC3)C2)C1. The van der Waals surface area contributed by atoms with Gasteiger partial charge in [0.1, 0.15) is 0 Å². The quantitative estimate of drug-likeness (QED) is 0.800. The molecular formula is C15H29N3. The number of hydrogen-bond donors (Lipinski definition) is 1. The summed E-state index contributed by atoms with van der Waals surface area (Å²) in [6.45, 7) is 16.2. The zero-order valence-corrected chi connectivity index (χ0v) is 12.3. The van der Waals surface area contributed by atoms with Gasteiger partial charge in [0.15, 0.2) is 0 Å². The molecule has 1 N–H and O–H groups in total. The Kier molecular flexibility index (Phi) is 3.20. The molecule has 1 spiro atoms. The summed E-state index contributed by atoms with van der Waals surface area (Å²) in [5.74, 6) is 0.961. The molecule has 3 heteroatoms. The molecule has 3 aliphatic heterocycles. The van der Waals surface area contributed by atoms with Gasteiger partial charge >= 0.3 is 0 Å². The highest BCUT2D eigenvalue weighted by molar-refractivity contribution is 5.08. The van der Waals surface area contributed by atoms with Gasteiger partial charge < -0.3 is 10.2 Å². The van der Waals surface area contributed by atoms with Crippen molar-refractivity contribution in [2.45, 2.75) is 39.2 Å². The summed E-state index contributed by atoms with van der Waals surface area (Å²) in [5.41, 5.74) is 1.06. The molecule has 0 saturated carbocycles. The number of piperidine rings is 1. The average Bonchev–Trinajstić information content (AvgIpc) is 2.19. The van der Waals surface area contributed by atoms with Crippen molar-refractivity contribution in [3.8, 4) is 0 Å². The first-order valence-corrected chi connectivity index (χ1v) is 7.65. The average molecular weight is 251 g/mol. The summed E-state index contributed by atoms with van der Waals surface area (Å²) >= 11 is 0. The van der Waals surface area contributed by atoms with E-state index in [2.05, 4.69) is 35.9 Å². The van der Waals surface area contributed by atoms with Gasteiger partial charge in [0.05, 0.1) is 0 Å². The van der Waals surface area contributed by atoms with Crippen LogP contribution in [0.1, 0.15) is 33.6 Å². The highest BCUT2D eigenvalue weighted by Gasteiger charge is 2.53. The molecule has 3 aliphatic rings. The van der Waals surface area contributed by atoms with Crippen LogP contribution in [0.15, 0.2) is 0 Å². The van der Waals surface area contributed by atoms with E-state index >= 15 is 0 Å². The van der Waals surface area contributed by atoms with E-state index in [1.807, 2.05) is 0 Å². The van der Waals surface area contributed by atoms with Gasteiger partial charge in [-0.2, -0.15) is 0 Å². The number of hydrogen-bond acceptors (Lipinski definition) is 3. The summed E-state index contributed by atoms with van der Waals surface area (Å²) < 4.78 is 0. The first-order valence-electron chi connectivity index (χ1n) is 7.65. The van der Waals surface area contributed by atoms with Crippen LogP contribution in [-0.2, 0) is 0 Å². The normalized spacial score (nSPS) is 30.2. The van der Waals surface area contributed by atoms with Crippen molar-refractivity contribution in [2.75, 3.05) is 45.8 Å². The molecule has 0 radical (unpaired) electrons. The fraction of sp³-hybridized carbons (Fsp3) is 1.00. The van der Waals surface area contributed by atoms with E-state index < -0.39 is 0 Å². The number of rotatable bonds is 2. The van der Waals surface area contributed by atoms with E-state index in [1.54, 1.807) is 0 Å². The van der Waals surface area contributed by atoms with Crippen molar-refractivity contribution in [2.24, 2.45) is 11.3 Å². The Morgan fingerprint density at radius 1 is 1.06 bits per heavy atom. The topological polar surface area (TPSA) is 18.5 Å². The maximum Gasteiger partial charge on any atom is 0.0212 e. The molecule has 0 aliphatic carbocycles. The van der Waals surface area contributed by atoms with Crippen LogP contribution >= 0.6 is 0 Å². The monoisotopic (exact) mass is 251 g/mol. The molecule has 0 aromatic rings. The van der Waals surface area contributed by atoms with Crippen molar-refractivity contribution in [3.63, 3.8) is 0 Å². The van der Waals surface area contributed by atoms with E-state index in [0.717, 1.165) is 5.92 Å². The van der Waals surface area contributed by atoms with Crippen molar-refractivity contribution in [1.82, 2.24) is 15.1 Å². The molecule has 0 atom stereocenters. The lowest BCUT2D eigenvalue weighted by Crippen LogP contribution is -2.75. The lowest BCUT2D eigenvalue weighted by molar-refractivity contribution is -0.147. The minimum absolute atomic E-state index is 0.376. The van der Waals surface area contributed by atoms with Crippen LogP contribution < -0.4 is 5.32 Å². The molecule has 0 bridgehead atoms. The number of likely N-dealkylation sites (tertiary alicyclic amines) is 2. The molecule has 0 unspecified atom stereocenters. The molecule has 0 aromatic heterocycles. The first kappa shape index (κ1) is 12.9. The van der Waals surface area contributed by atoms with Gasteiger partial charge in [0.2, 0.25) is 0 Å². The molecule has 3 rings (SSSR count). The summed E-state index contributed by atoms with van der Waals surface area (Å²) in [4.78, 5) is 5.34. The van der Waals surface area contributed by atoms with E-state index in [-0.39, 0.29) is 0 Å². The smallest absolute Gasteiger partial charge is 0.0212 e. The molecule has 3 heterocycles. The molecule has 3 fully saturated rings. The third kappa shape index (κ3) is 2.45. The van der Waals surface area contributed by atoms with E-state index in [1.165, 1.54) is 58.7 Å². The number of nitrogens with one attached hydrogen (secondary N) is 1. The molecule has 0 amide bonds. The van der Waals surface area contributed by atoms with E-state index in [9.17, 15) is 0 Å². The summed E-state index contributed by atoms with van der Waals surface area (Å²) in [6, 6.07) is 0. The second-order valence-electron chi connectivity index (χ2n) is 7.89. The van der Waals surface area contributed by atoms with Gasteiger partial charge in [-0.1, -0.05) is 0 Å². The largest absolute Gasteiger partial charge is 0.317 e. The van der Waals surface area contributed by atoms with Gasteiger partial charge in [-0.3, -0.25) is 4.90 Å². The van der Waals surface area contributed by atoms with Gasteiger partial charge in [-0.15, -0.1) is 0 Å². The minimum atomic E-state index is 0.376. The highest BCUT2D eigenvalue weighted by atomic mass is 15.3. The molecule has 0 aromatic carbocycles. The zero-order valence-electron chi connectivity index (χ0n) is 12.3. The maximum absolute atomic E-state index is 3.46. The summed E-state index contributed by atoms with van der Waals surface area (Å²) in [5, 5.41) is 3.46. The summed E-state index contributed by atoms with van der Waals surface area (Å²) in [7, 11) is 0. The van der Waals surface area contributed by atoms with E-state index in [0.29, 0.717) is 11.0 Å². The standard InChI is InChI=1S/C15H29N3/c1-14(2,3)18-11-15(12-18)9-17(10-15)8-13-4-6-16-7-5-13/h13,16H,4-12H2,1-3H3. The molecule has 18 heavy (non-hydrogen) atoms. The Morgan fingerprint density at radius 3 is 2.22 bits per heavy atom. The molecule has 3 nitrogen and oxygen atoms in total. The van der Waals surface area contributed by atoms with Crippen LogP contribution in [0.5, 0.6) is 0 Å². The Hall–Kier alpha value is -0.120. The van der Waals surface area contributed by atoms with Crippen LogP contribution in [0.4, 0.5) is 0 Å². The minimum Gasteiger partial charge on any atom is -0.317 e. The van der Waals surface area contributed by atoms with Gasteiger partial charge in [0.25, 0.3) is 0 Å².